The number of hydrazine groups is 1. The monoisotopic (exact) mass is 271 g/mol. The second-order valence-corrected chi connectivity index (χ2v) is 4.92. The highest BCUT2D eigenvalue weighted by Gasteiger charge is 2.15. The van der Waals surface area contributed by atoms with Crippen molar-refractivity contribution in [3.63, 3.8) is 0 Å². The lowest BCUT2D eigenvalue weighted by molar-refractivity contribution is 0.405. The predicted octanol–water partition coefficient (Wildman–Crippen LogP) is 2.45. The van der Waals surface area contributed by atoms with E-state index in [0.29, 0.717) is 0 Å². The van der Waals surface area contributed by atoms with Crippen LogP contribution in [0.4, 0.5) is 0 Å². The van der Waals surface area contributed by atoms with Crippen LogP contribution in [0, 0.1) is 13.8 Å². The highest BCUT2D eigenvalue weighted by atomic mass is 16.5. The summed E-state index contributed by atoms with van der Waals surface area (Å²) in [7, 11) is 1.69. The maximum atomic E-state index is 5.73. The van der Waals surface area contributed by atoms with Crippen molar-refractivity contribution in [3.05, 3.63) is 58.9 Å². The van der Waals surface area contributed by atoms with E-state index in [1.807, 2.05) is 25.1 Å². The molecule has 0 fully saturated rings. The number of benzene rings is 1. The minimum absolute atomic E-state index is 0.0133. The number of hydrogen-bond acceptors (Lipinski definition) is 4. The molecule has 1 aromatic carbocycles. The number of pyridine rings is 1. The summed E-state index contributed by atoms with van der Waals surface area (Å²) in [5.74, 6) is 6.62. The Morgan fingerprint density at radius 2 is 2.10 bits per heavy atom. The van der Waals surface area contributed by atoms with E-state index in [2.05, 4.69) is 29.5 Å². The smallest absolute Gasteiger partial charge is 0.122 e. The molecule has 0 radical (unpaired) electrons. The van der Waals surface area contributed by atoms with Gasteiger partial charge in [0.25, 0.3) is 0 Å². The number of nitrogens with two attached hydrogens (primary N) is 1. The molecule has 20 heavy (non-hydrogen) atoms. The fraction of sp³-hybridized carbons (Fsp3) is 0.312. The Hall–Kier alpha value is -1.91. The van der Waals surface area contributed by atoms with Gasteiger partial charge in [0.1, 0.15) is 5.75 Å². The quantitative estimate of drug-likeness (QED) is 0.648. The van der Waals surface area contributed by atoms with Crippen molar-refractivity contribution < 1.29 is 4.74 Å². The standard InChI is InChI=1S/C16H21N3O/c1-11-6-7-16(20-3)13(9-11)10-15(19-17)14-5-4-8-18-12(14)2/h4-9,15,19H,10,17H2,1-3H3. The van der Waals surface area contributed by atoms with Crippen LogP contribution in [0.1, 0.15) is 28.4 Å². The van der Waals surface area contributed by atoms with Crippen molar-refractivity contribution >= 4 is 0 Å². The normalized spacial score (nSPS) is 12.2. The molecule has 2 aromatic rings. The van der Waals surface area contributed by atoms with Crippen LogP contribution in [0.25, 0.3) is 0 Å². The molecule has 0 saturated heterocycles. The molecule has 106 valence electrons. The lowest BCUT2D eigenvalue weighted by atomic mass is 9.97. The Kier molecular flexibility index (Phi) is 4.71. The molecule has 0 spiro atoms. The van der Waals surface area contributed by atoms with Crippen molar-refractivity contribution in [1.29, 1.82) is 0 Å². The molecular formula is C16H21N3O. The Bertz CT molecular complexity index is 584. The van der Waals surface area contributed by atoms with E-state index < -0.39 is 0 Å². The second-order valence-electron chi connectivity index (χ2n) is 4.92. The molecule has 0 bridgehead atoms. The molecular weight excluding hydrogens is 250 g/mol. The fourth-order valence-corrected chi connectivity index (χ4v) is 2.41. The second kappa shape index (κ2) is 6.50. The number of nitrogens with one attached hydrogen (secondary N) is 1. The van der Waals surface area contributed by atoms with Gasteiger partial charge in [0.2, 0.25) is 0 Å². The highest BCUT2D eigenvalue weighted by molar-refractivity contribution is 5.38. The van der Waals surface area contributed by atoms with Gasteiger partial charge in [-0.2, -0.15) is 0 Å². The van der Waals surface area contributed by atoms with Crippen LogP contribution in [0.3, 0.4) is 0 Å². The van der Waals surface area contributed by atoms with Crippen molar-refractivity contribution in [1.82, 2.24) is 10.4 Å². The minimum atomic E-state index is 0.0133. The Balaban J connectivity index is 2.31. The third-order valence-corrected chi connectivity index (χ3v) is 3.48. The SMILES string of the molecule is COc1ccc(C)cc1CC(NN)c1cccnc1C. The first-order valence-corrected chi connectivity index (χ1v) is 6.67. The zero-order valence-corrected chi connectivity index (χ0v) is 12.2. The first-order chi connectivity index (χ1) is 9.65. The summed E-state index contributed by atoms with van der Waals surface area (Å²) in [6.45, 7) is 4.07. The molecule has 1 heterocycles. The zero-order valence-electron chi connectivity index (χ0n) is 12.2. The minimum Gasteiger partial charge on any atom is -0.496 e. The lowest BCUT2D eigenvalue weighted by Gasteiger charge is -2.19. The van der Waals surface area contributed by atoms with E-state index in [9.17, 15) is 0 Å². The number of aryl methyl sites for hydroxylation is 2. The van der Waals surface area contributed by atoms with Crippen LogP contribution in [-0.4, -0.2) is 12.1 Å². The van der Waals surface area contributed by atoms with Crippen molar-refractivity contribution in [3.8, 4) is 5.75 Å². The molecule has 0 saturated carbocycles. The van der Waals surface area contributed by atoms with Gasteiger partial charge in [0.05, 0.1) is 13.2 Å². The topological polar surface area (TPSA) is 60.2 Å². The fourth-order valence-electron chi connectivity index (χ4n) is 2.41. The molecule has 4 heteroatoms. The largest absolute Gasteiger partial charge is 0.496 e. The summed E-state index contributed by atoms with van der Waals surface area (Å²) < 4.78 is 5.43. The molecule has 4 nitrogen and oxygen atoms in total. The van der Waals surface area contributed by atoms with Crippen LogP contribution >= 0.6 is 0 Å². The van der Waals surface area contributed by atoms with Gasteiger partial charge in [0, 0.05) is 11.9 Å². The molecule has 0 amide bonds. The Labute approximate surface area is 120 Å². The van der Waals surface area contributed by atoms with Gasteiger partial charge in [-0.1, -0.05) is 23.8 Å². The zero-order chi connectivity index (χ0) is 14.5. The predicted molar refractivity (Wildman–Crippen MR) is 80.5 cm³/mol. The van der Waals surface area contributed by atoms with Crippen LogP contribution in [-0.2, 0) is 6.42 Å². The first kappa shape index (κ1) is 14.5. The van der Waals surface area contributed by atoms with E-state index in [1.165, 1.54) is 5.56 Å². The summed E-state index contributed by atoms with van der Waals surface area (Å²) in [4.78, 5) is 4.32. The average Bonchev–Trinajstić information content (AvgIpc) is 2.46. The number of aromatic nitrogens is 1. The van der Waals surface area contributed by atoms with Crippen molar-refractivity contribution in [2.75, 3.05) is 7.11 Å². The summed E-state index contributed by atoms with van der Waals surface area (Å²) in [6, 6.07) is 10.2. The highest BCUT2D eigenvalue weighted by Crippen LogP contribution is 2.26. The van der Waals surface area contributed by atoms with Gasteiger partial charge in [-0.05, 0) is 43.5 Å². The molecule has 2 rings (SSSR count). The van der Waals surface area contributed by atoms with Gasteiger partial charge in [-0.3, -0.25) is 16.3 Å². The molecule has 1 unspecified atom stereocenters. The Morgan fingerprint density at radius 1 is 1.30 bits per heavy atom. The maximum absolute atomic E-state index is 5.73. The van der Waals surface area contributed by atoms with E-state index in [0.717, 1.165) is 29.0 Å². The van der Waals surface area contributed by atoms with Gasteiger partial charge < -0.3 is 4.74 Å². The molecule has 3 N–H and O–H groups in total. The molecule has 0 aliphatic rings. The van der Waals surface area contributed by atoms with Crippen LogP contribution in [0.2, 0.25) is 0 Å². The van der Waals surface area contributed by atoms with Gasteiger partial charge >= 0.3 is 0 Å². The van der Waals surface area contributed by atoms with Gasteiger partial charge in [0.15, 0.2) is 0 Å². The van der Waals surface area contributed by atoms with Crippen molar-refractivity contribution in [2.24, 2.45) is 5.84 Å². The van der Waals surface area contributed by atoms with Crippen LogP contribution < -0.4 is 16.0 Å². The summed E-state index contributed by atoms with van der Waals surface area (Å²) >= 11 is 0. The summed E-state index contributed by atoms with van der Waals surface area (Å²) in [5.41, 5.74) is 7.33. The van der Waals surface area contributed by atoms with E-state index >= 15 is 0 Å². The van der Waals surface area contributed by atoms with E-state index in [1.54, 1.807) is 13.3 Å². The third-order valence-electron chi connectivity index (χ3n) is 3.48. The average molecular weight is 271 g/mol. The van der Waals surface area contributed by atoms with Crippen LogP contribution in [0.5, 0.6) is 5.75 Å². The summed E-state index contributed by atoms with van der Waals surface area (Å²) in [6.07, 6.45) is 2.55. The maximum Gasteiger partial charge on any atom is 0.122 e. The lowest BCUT2D eigenvalue weighted by Crippen LogP contribution is -2.30. The van der Waals surface area contributed by atoms with E-state index in [4.69, 9.17) is 10.6 Å². The number of nitrogens with zero attached hydrogens (tertiary/aromatic N) is 1. The number of ether oxygens (including phenoxy) is 1. The van der Waals surface area contributed by atoms with Crippen LogP contribution in [0.15, 0.2) is 36.5 Å². The van der Waals surface area contributed by atoms with Crippen molar-refractivity contribution in [2.45, 2.75) is 26.3 Å². The first-order valence-electron chi connectivity index (χ1n) is 6.67. The van der Waals surface area contributed by atoms with Gasteiger partial charge in [-0.15, -0.1) is 0 Å². The van der Waals surface area contributed by atoms with E-state index in [-0.39, 0.29) is 6.04 Å². The molecule has 1 atom stereocenters. The number of hydrogen-bond donors (Lipinski definition) is 2. The number of rotatable bonds is 5. The third kappa shape index (κ3) is 3.15. The number of methoxy groups -OCH3 is 1. The Morgan fingerprint density at radius 3 is 2.75 bits per heavy atom. The summed E-state index contributed by atoms with van der Waals surface area (Å²) in [5, 5.41) is 0. The molecule has 1 aromatic heterocycles. The molecule has 0 aliphatic carbocycles. The van der Waals surface area contributed by atoms with Gasteiger partial charge in [-0.25, -0.2) is 0 Å². The molecule has 0 aliphatic heterocycles.